The SMILES string of the molecule is NCCCN1CCN(CCCNC(=S)Nc2cccc(-c3cc(CN(CC(=O)O)CC(=O)O)nc(CN(CC(=O)O)CC(=O)O)c3)c2)CC1. The molecule has 0 spiro atoms. The Balaban J connectivity index is 1.71. The number of hydrogen-bond acceptors (Lipinski definition) is 11. The Labute approximate surface area is 290 Å². The number of nitrogens with zero attached hydrogens (tertiary/aromatic N) is 5. The minimum Gasteiger partial charge on any atom is -0.480 e. The first kappa shape index (κ1) is 39.2. The first-order valence-corrected chi connectivity index (χ1v) is 16.4. The summed E-state index contributed by atoms with van der Waals surface area (Å²) in [5.41, 5.74) is 8.32. The summed E-state index contributed by atoms with van der Waals surface area (Å²) in [4.78, 5) is 57.4. The van der Waals surface area contributed by atoms with E-state index < -0.39 is 50.1 Å². The molecule has 0 atom stereocenters. The largest absolute Gasteiger partial charge is 0.480 e. The van der Waals surface area contributed by atoms with E-state index in [1.807, 2.05) is 24.3 Å². The van der Waals surface area contributed by atoms with Gasteiger partial charge in [0.2, 0.25) is 0 Å². The number of aliphatic carboxylic acids is 4. The monoisotopic (exact) mass is 702 g/mol. The molecular formula is C32H46N8O8S. The first-order valence-electron chi connectivity index (χ1n) is 16.0. The molecule has 17 heteroatoms. The van der Waals surface area contributed by atoms with Gasteiger partial charge in [0.05, 0.1) is 37.6 Å². The van der Waals surface area contributed by atoms with Crippen LogP contribution in [0.1, 0.15) is 24.2 Å². The summed E-state index contributed by atoms with van der Waals surface area (Å²) >= 11 is 5.53. The van der Waals surface area contributed by atoms with Gasteiger partial charge < -0.3 is 46.6 Å². The lowest BCUT2D eigenvalue weighted by Gasteiger charge is -2.34. The van der Waals surface area contributed by atoms with Gasteiger partial charge in [-0.05, 0) is 80.1 Å². The highest BCUT2D eigenvalue weighted by Gasteiger charge is 2.19. The Morgan fingerprint density at radius 3 is 1.71 bits per heavy atom. The highest BCUT2D eigenvalue weighted by Crippen LogP contribution is 2.25. The molecule has 0 radical (unpaired) electrons. The van der Waals surface area contributed by atoms with E-state index in [2.05, 4.69) is 25.4 Å². The summed E-state index contributed by atoms with van der Waals surface area (Å²) in [5, 5.41) is 44.1. The third-order valence-corrected chi connectivity index (χ3v) is 7.92. The van der Waals surface area contributed by atoms with Crippen LogP contribution in [-0.2, 0) is 32.3 Å². The van der Waals surface area contributed by atoms with E-state index in [0.29, 0.717) is 46.4 Å². The maximum atomic E-state index is 11.4. The molecule has 0 saturated carbocycles. The molecule has 1 saturated heterocycles. The summed E-state index contributed by atoms with van der Waals surface area (Å²) < 4.78 is 0. The molecule has 1 fully saturated rings. The number of nitrogens with two attached hydrogens (primary N) is 1. The second-order valence-corrected chi connectivity index (χ2v) is 12.3. The number of hydrogen-bond donors (Lipinski definition) is 7. The molecule has 0 bridgehead atoms. The van der Waals surface area contributed by atoms with Crippen molar-refractivity contribution in [3.8, 4) is 11.1 Å². The number of carboxylic acid groups (broad SMARTS) is 4. The lowest BCUT2D eigenvalue weighted by atomic mass is 10.0. The fourth-order valence-corrected chi connectivity index (χ4v) is 5.76. The molecule has 1 aliphatic heterocycles. The van der Waals surface area contributed by atoms with Crippen LogP contribution in [0.5, 0.6) is 0 Å². The lowest BCUT2D eigenvalue weighted by Crippen LogP contribution is -2.47. The highest BCUT2D eigenvalue weighted by molar-refractivity contribution is 7.80. The van der Waals surface area contributed by atoms with Crippen molar-refractivity contribution in [3.05, 3.63) is 47.8 Å². The Kier molecular flexibility index (Phi) is 16.2. The first-order chi connectivity index (χ1) is 23.4. The zero-order valence-electron chi connectivity index (χ0n) is 27.4. The topological polar surface area (TPSA) is 225 Å². The van der Waals surface area contributed by atoms with Crippen LogP contribution in [0.4, 0.5) is 5.69 Å². The van der Waals surface area contributed by atoms with Crippen LogP contribution in [0.3, 0.4) is 0 Å². The third-order valence-electron chi connectivity index (χ3n) is 7.67. The van der Waals surface area contributed by atoms with Crippen LogP contribution in [0.15, 0.2) is 36.4 Å². The van der Waals surface area contributed by atoms with Crippen LogP contribution in [-0.4, -0.2) is 153 Å². The summed E-state index contributed by atoms with van der Waals surface area (Å²) in [7, 11) is 0. The van der Waals surface area contributed by atoms with E-state index in [-0.39, 0.29) is 13.1 Å². The Bertz CT molecular complexity index is 1350. The second kappa shape index (κ2) is 20.3. The van der Waals surface area contributed by atoms with Crippen molar-refractivity contribution in [1.82, 2.24) is 29.9 Å². The Morgan fingerprint density at radius 2 is 1.24 bits per heavy atom. The summed E-state index contributed by atoms with van der Waals surface area (Å²) in [6.07, 6.45) is 1.94. The van der Waals surface area contributed by atoms with Gasteiger partial charge in [-0.15, -0.1) is 0 Å². The van der Waals surface area contributed by atoms with Gasteiger partial charge in [0.15, 0.2) is 5.11 Å². The quantitative estimate of drug-likeness (QED) is 0.0687. The zero-order valence-corrected chi connectivity index (χ0v) is 28.2. The Hall–Kier alpha value is -4.26. The van der Waals surface area contributed by atoms with Gasteiger partial charge in [0.1, 0.15) is 0 Å². The maximum Gasteiger partial charge on any atom is 0.317 e. The number of pyridine rings is 1. The lowest BCUT2D eigenvalue weighted by molar-refractivity contribution is -0.144. The maximum absolute atomic E-state index is 11.4. The van der Waals surface area contributed by atoms with E-state index in [1.54, 1.807) is 12.1 Å². The zero-order chi connectivity index (χ0) is 35.8. The molecule has 16 nitrogen and oxygen atoms in total. The molecule has 1 aliphatic rings. The highest BCUT2D eigenvalue weighted by atomic mass is 32.1. The van der Waals surface area contributed by atoms with E-state index in [0.717, 1.165) is 52.1 Å². The predicted molar refractivity (Wildman–Crippen MR) is 186 cm³/mol. The van der Waals surface area contributed by atoms with Crippen molar-refractivity contribution >= 4 is 46.9 Å². The van der Waals surface area contributed by atoms with E-state index in [9.17, 15) is 39.6 Å². The van der Waals surface area contributed by atoms with Gasteiger partial charge in [0.25, 0.3) is 0 Å². The van der Waals surface area contributed by atoms with Crippen molar-refractivity contribution < 1.29 is 39.6 Å². The number of rotatable bonds is 21. The number of thiocarbonyl (C=S) groups is 1. The van der Waals surface area contributed by atoms with Crippen LogP contribution in [0.2, 0.25) is 0 Å². The van der Waals surface area contributed by atoms with Crippen LogP contribution < -0.4 is 16.4 Å². The number of benzene rings is 1. The summed E-state index contributed by atoms with van der Waals surface area (Å²) in [6, 6.07) is 10.7. The molecule has 0 aliphatic carbocycles. The number of aromatic nitrogens is 1. The van der Waals surface area contributed by atoms with E-state index >= 15 is 0 Å². The average molecular weight is 703 g/mol. The average Bonchev–Trinajstić information content (AvgIpc) is 3.01. The molecule has 1 aromatic carbocycles. The van der Waals surface area contributed by atoms with Crippen molar-refractivity contribution in [1.29, 1.82) is 0 Å². The van der Waals surface area contributed by atoms with Gasteiger partial charge in [-0.1, -0.05) is 12.1 Å². The molecule has 8 N–H and O–H groups in total. The molecule has 1 aromatic heterocycles. The normalized spacial score (nSPS) is 13.8. The molecule has 3 rings (SSSR count). The van der Waals surface area contributed by atoms with Gasteiger partial charge in [-0.3, -0.25) is 34.0 Å². The minimum absolute atomic E-state index is 0.132. The van der Waals surface area contributed by atoms with E-state index in [1.165, 1.54) is 9.80 Å². The third kappa shape index (κ3) is 15.2. The van der Waals surface area contributed by atoms with Crippen LogP contribution in [0.25, 0.3) is 11.1 Å². The van der Waals surface area contributed by atoms with Crippen molar-refractivity contribution in [2.45, 2.75) is 25.9 Å². The number of anilines is 1. The van der Waals surface area contributed by atoms with Crippen LogP contribution >= 0.6 is 12.2 Å². The Morgan fingerprint density at radius 1 is 0.755 bits per heavy atom. The fraction of sp³-hybridized carbons (Fsp3) is 0.500. The molecule has 49 heavy (non-hydrogen) atoms. The number of carboxylic acids is 4. The van der Waals surface area contributed by atoms with Gasteiger partial charge in [-0.2, -0.15) is 0 Å². The van der Waals surface area contributed by atoms with Gasteiger partial charge in [0, 0.05) is 51.5 Å². The smallest absolute Gasteiger partial charge is 0.317 e. The number of nitrogens with one attached hydrogen (secondary N) is 2. The van der Waals surface area contributed by atoms with E-state index in [4.69, 9.17) is 18.0 Å². The molecule has 2 heterocycles. The molecule has 268 valence electrons. The fourth-order valence-electron chi connectivity index (χ4n) is 5.54. The van der Waals surface area contributed by atoms with Crippen molar-refractivity contribution in [2.24, 2.45) is 5.73 Å². The molecule has 2 aromatic rings. The number of carbonyl (C=O) groups is 4. The standard InChI is InChI=1S/C32H46N8O8S/c33-6-2-8-37-10-12-38(13-11-37)9-3-7-34-32(49)36-25-5-1-4-23(14-25)24-15-26(17-39(19-28(41)42)20-29(43)44)35-27(16-24)18-40(21-30(45)46)22-31(47)48/h1,4-5,14-16H,2-3,6-13,17-22,33H2,(H,41,42)(H,43,44)(H,45,46)(H,47,48)(H2,34,36,49). The number of piperazine rings is 1. The van der Waals surface area contributed by atoms with Gasteiger partial charge in [-0.25, -0.2) is 0 Å². The summed E-state index contributed by atoms with van der Waals surface area (Å²) in [6.45, 7) is 5.14. The summed E-state index contributed by atoms with van der Waals surface area (Å²) in [5.74, 6) is -4.86. The second-order valence-electron chi connectivity index (χ2n) is 11.8. The van der Waals surface area contributed by atoms with Gasteiger partial charge >= 0.3 is 23.9 Å². The predicted octanol–water partition coefficient (Wildman–Crippen LogP) is 0.334. The van der Waals surface area contributed by atoms with Crippen LogP contribution in [0, 0.1) is 0 Å². The molecular weight excluding hydrogens is 656 g/mol. The molecule has 0 unspecified atom stereocenters. The minimum atomic E-state index is -1.22. The van der Waals surface area contributed by atoms with Crippen molar-refractivity contribution in [3.63, 3.8) is 0 Å². The van der Waals surface area contributed by atoms with Crippen molar-refractivity contribution in [2.75, 3.05) is 83.9 Å². The molecule has 0 amide bonds.